The molecule has 1 rings (SSSR count). The lowest BCUT2D eigenvalue weighted by Gasteiger charge is -2.22. The average molecular weight is 299 g/mol. The molecule has 0 saturated carbocycles. The Hall–Kier alpha value is -1.24. The first-order valence-corrected chi connectivity index (χ1v) is 5.90. The van der Waals surface area contributed by atoms with E-state index >= 15 is 0 Å². The minimum absolute atomic E-state index is 0.0108. The van der Waals surface area contributed by atoms with Gasteiger partial charge in [0, 0.05) is 12.6 Å². The number of nitrogens with zero attached hydrogens (tertiary/aromatic N) is 1. The van der Waals surface area contributed by atoms with Crippen LogP contribution in [0, 0.1) is 0 Å². The lowest BCUT2D eigenvalue weighted by molar-refractivity contribution is -0.143. The van der Waals surface area contributed by atoms with Gasteiger partial charge in [-0.2, -0.15) is 26.3 Å². The van der Waals surface area contributed by atoms with Crippen LogP contribution in [0.2, 0.25) is 0 Å². The Balaban J connectivity index is 3.24. The van der Waals surface area contributed by atoms with Crippen LogP contribution >= 0.6 is 0 Å². The van der Waals surface area contributed by atoms with E-state index in [2.05, 4.69) is 0 Å². The second kappa shape index (κ2) is 5.63. The summed E-state index contributed by atoms with van der Waals surface area (Å²) >= 11 is 0. The van der Waals surface area contributed by atoms with E-state index in [9.17, 15) is 26.3 Å². The van der Waals surface area contributed by atoms with Crippen molar-refractivity contribution in [3.8, 4) is 0 Å². The van der Waals surface area contributed by atoms with Gasteiger partial charge in [0.25, 0.3) is 0 Å². The molecule has 7 heteroatoms. The molecule has 0 aliphatic rings. The number of hydrogen-bond donors (Lipinski definition) is 0. The van der Waals surface area contributed by atoms with Gasteiger partial charge in [-0.15, -0.1) is 0 Å². The van der Waals surface area contributed by atoms with Crippen LogP contribution in [-0.2, 0) is 18.9 Å². The predicted molar refractivity (Wildman–Crippen MR) is 63.0 cm³/mol. The standard InChI is InChI=1S/C13H15F6N/c1-8(2)20(3)7-9-4-10(12(14,15)16)6-11(5-9)13(17,18)19/h4-6,8H,7H2,1-3H3. The van der Waals surface area contributed by atoms with Crippen LogP contribution in [0.1, 0.15) is 30.5 Å². The molecular formula is C13H15F6N. The van der Waals surface area contributed by atoms with Crippen LogP contribution in [0.5, 0.6) is 0 Å². The molecule has 1 aromatic carbocycles. The third kappa shape index (κ3) is 4.40. The SMILES string of the molecule is CC(C)N(C)Cc1cc(C(F)(F)F)cc(C(F)(F)F)c1. The Bertz CT molecular complexity index is 429. The summed E-state index contributed by atoms with van der Waals surface area (Å²) in [5.41, 5.74) is -2.57. The van der Waals surface area contributed by atoms with E-state index in [1.807, 2.05) is 0 Å². The van der Waals surface area contributed by atoms with Gasteiger partial charge < -0.3 is 0 Å². The second-order valence-corrected chi connectivity index (χ2v) is 4.92. The smallest absolute Gasteiger partial charge is 0.300 e. The Kier molecular flexibility index (Phi) is 4.74. The van der Waals surface area contributed by atoms with Crippen molar-refractivity contribution in [2.45, 2.75) is 38.8 Å². The third-order valence-electron chi connectivity index (χ3n) is 2.96. The first kappa shape index (κ1) is 16.8. The van der Waals surface area contributed by atoms with E-state index in [1.54, 1.807) is 25.8 Å². The fraction of sp³-hybridized carbons (Fsp3) is 0.538. The van der Waals surface area contributed by atoms with Gasteiger partial charge in [-0.05, 0) is 44.7 Å². The summed E-state index contributed by atoms with van der Waals surface area (Å²) in [6.07, 6.45) is -9.60. The number of rotatable bonds is 3. The highest BCUT2D eigenvalue weighted by Crippen LogP contribution is 2.36. The molecule has 0 saturated heterocycles. The quantitative estimate of drug-likeness (QED) is 0.739. The van der Waals surface area contributed by atoms with E-state index < -0.39 is 23.5 Å². The Labute approximate surface area is 113 Å². The van der Waals surface area contributed by atoms with Crippen molar-refractivity contribution in [3.05, 3.63) is 34.9 Å². The predicted octanol–water partition coefficient (Wildman–Crippen LogP) is 4.56. The molecule has 20 heavy (non-hydrogen) atoms. The highest BCUT2D eigenvalue weighted by atomic mass is 19.4. The molecule has 0 amide bonds. The molecule has 1 nitrogen and oxygen atoms in total. The largest absolute Gasteiger partial charge is 0.416 e. The van der Waals surface area contributed by atoms with Gasteiger partial charge in [-0.1, -0.05) is 0 Å². The highest BCUT2D eigenvalue weighted by Gasteiger charge is 2.36. The van der Waals surface area contributed by atoms with Gasteiger partial charge in [0.05, 0.1) is 11.1 Å². The summed E-state index contributed by atoms with van der Waals surface area (Å²) in [5.74, 6) is 0. The van der Waals surface area contributed by atoms with Gasteiger partial charge in [0.1, 0.15) is 0 Å². The minimum atomic E-state index is -4.80. The first-order chi connectivity index (χ1) is 8.91. The van der Waals surface area contributed by atoms with Crippen LogP contribution < -0.4 is 0 Å². The summed E-state index contributed by atoms with van der Waals surface area (Å²) in [6.45, 7) is 3.63. The molecule has 0 unspecified atom stereocenters. The van der Waals surface area contributed by atoms with Crippen molar-refractivity contribution in [2.24, 2.45) is 0 Å². The molecule has 0 radical (unpaired) electrons. The molecule has 0 bridgehead atoms. The van der Waals surface area contributed by atoms with Crippen molar-refractivity contribution >= 4 is 0 Å². The molecule has 0 atom stereocenters. The molecule has 0 heterocycles. The number of hydrogen-bond acceptors (Lipinski definition) is 1. The third-order valence-corrected chi connectivity index (χ3v) is 2.96. The van der Waals surface area contributed by atoms with Crippen molar-refractivity contribution in [1.29, 1.82) is 0 Å². The fourth-order valence-corrected chi connectivity index (χ4v) is 1.58. The maximum Gasteiger partial charge on any atom is 0.416 e. The van der Waals surface area contributed by atoms with Gasteiger partial charge in [0.2, 0.25) is 0 Å². The van der Waals surface area contributed by atoms with E-state index in [1.165, 1.54) is 0 Å². The van der Waals surface area contributed by atoms with Crippen LogP contribution in [0.4, 0.5) is 26.3 Å². The number of halogens is 6. The van der Waals surface area contributed by atoms with Gasteiger partial charge in [-0.3, -0.25) is 4.90 Å². The molecule has 0 aromatic heterocycles. The Morgan fingerprint density at radius 3 is 1.60 bits per heavy atom. The zero-order valence-corrected chi connectivity index (χ0v) is 11.2. The first-order valence-electron chi connectivity index (χ1n) is 5.90. The number of benzene rings is 1. The van der Waals surface area contributed by atoms with Crippen LogP contribution in [0.25, 0.3) is 0 Å². The Morgan fingerprint density at radius 1 is 0.900 bits per heavy atom. The van der Waals surface area contributed by atoms with Crippen LogP contribution in [0.3, 0.4) is 0 Å². The minimum Gasteiger partial charge on any atom is -0.300 e. The zero-order chi connectivity index (χ0) is 15.7. The zero-order valence-electron chi connectivity index (χ0n) is 11.2. The molecule has 0 N–H and O–H groups in total. The van der Waals surface area contributed by atoms with E-state index in [-0.39, 0.29) is 24.2 Å². The molecule has 114 valence electrons. The summed E-state index contributed by atoms with van der Waals surface area (Å²) in [5, 5.41) is 0. The molecule has 0 spiro atoms. The topological polar surface area (TPSA) is 3.24 Å². The van der Waals surface area contributed by atoms with Crippen molar-refractivity contribution in [1.82, 2.24) is 4.90 Å². The second-order valence-electron chi connectivity index (χ2n) is 4.92. The molecule has 0 aliphatic heterocycles. The van der Waals surface area contributed by atoms with E-state index in [0.717, 1.165) is 12.1 Å². The summed E-state index contributed by atoms with van der Waals surface area (Å²) < 4.78 is 75.9. The monoisotopic (exact) mass is 299 g/mol. The van der Waals surface area contributed by atoms with Crippen molar-refractivity contribution in [3.63, 3.8) is 0 Å². The van der Waals surface area contributed by atoms with Gasteiger partial charge in [-0.25, -0.2) is 0 Å². The maximum absolute atomic E-state index is 12.7. The van der Waals surface area contributed by atoms with E-state index in [0.29, 0.717) is 0 Å². The van der Waals surface area contributed by atoms with E-state index in [4.69, 9.17) is 0 Å². The van der Waals surface area contributed by atoms with Gasteiger partial charge in [0.15, 0.2) is 0 Å². The molecule has 1 aromatic rings. The van der Waals surface area contributed by atoms with Crippen molar-refractivity contribution in [2.75, 3.05) is 7.05 Å². The van der Waals surface area contributed by atoms with Crippen molar-refractivity contribution < 1.29 is 26.3 Å². The molecule has 0 fully saturated rings. The number of alkyl halides is 6. The average Bonchev–Trinajstić information content (AvgIpc) is 2.26. The normalized spacial score (nSPS) is 13.3. The highest BCUT2D eigenvalue weighted by molar-refractivity contribution is 5.33. The fourth-order valence-electron chi connectivity index (χ4n) is 1.58. The molecule has 0 aliphatic carbocycles. The van der Waals surface area contributed by atoms with Gasteiger partial charge >= 0.3 is 12.4 Å². The maximum atomic E-state index is 12.7. The summed E-state index contributed by atoms with van der Waals surface area (Å²) in [4.78, 5) is 1.66. The summed E-state index contributed by atoms with van der Waals surface area (Å²) in [7, 11) is 1.64. The van der Waals surface area contributed by atoms with Crippen LogP contribution in [0.15, 0.2) is 18.2 Å². The summed E-state index contributed by atoms with van der Waals surface area (Å²) in [6, 6.07) is 1.67. The lowest BCUT2D eigenvalue weighted by Crippen LogP contribution is -2.26. The van der Waals surface area contributed by atoms with Crippen LogP contribution in [-0.4, -0.2) is 18.0 Å². The molecular weight excluding hydrogens is 284 g/mol. The Morgan fingerprint density at radius 2 is 1.30 bits per heavy atom. The lowest BCUT2D eigenvalue weighted by atomic mass is 10.0.